The molecule has 0 radical (unpaired) electrons. The number of hydrogen-bond acceptors (Lipinski definition) is 4. The first-order valence-corrected chi connectivity index (χ1v) is 11.7. The second kappa shape index (κ2) is 9.27. The van der Waals surface area contributed by atoms with Crippen molar-refractivity contribution in [1.29, 1.82) is 0 Å². The summed E-state index contributed by atoms with van der Waals surface area (Å²) in [5.41, 5.74) is 3.24. The fraction of sp³-hybridized carbons (Fsp3) is 0.667. The fourth-order valence-electron chi connectivity index (χ4n) is 3.81. The Morgan fingerprint density at radius 3 is 2.54 bits per heavy atom. The maximum Gasteiger partial charge on any atom is 0.224 e. The van der Waals surface area contributed by atoms with Gasteiger partial charge in [0.1, 0.15) is 5.75 Å². The summed E-state index contributed by atoms with van der Waals surface area (Å²) < 4.78 is 31.3. The summed E-state index contributed by atoms with van der Waals surface area (Å²) in [6.07, 6.45) is 1.43. The Labute approximate surface area is 169 Å². The molecule has 1 aliphatic rings. The molecule has 1 aliphatic heterocycles. The van der Waals surface area contributed by atoms with Gasteiger partial charge in [0.05, 0.1) is 24.8 Å². The standard InChI is InChI=1S/C21H34N2O4S/c1-7-28(25,26)23-10-8-9-17(13-23)21(24)22-16(5)19-12-18(14(2)3)20(27-6)11-15(19)4/h11-12,14,16-17H,7-10,13H2,1-6H3,(H,22,24)/t16-,17+/m0/s1. The Kier molecular flexibility index (Phi) is 7.51. The molecule has 0 aromatic heterocycles. The van der Waals surface area contributed by atoms with Crippen molar-refractivity contribution in [2.45, 2.75) is 59.4 Å². The number of sulfonamides is 1. The number of nitrogens with one attached hydrogen (secondary N) is 1. The lowest BCUT2D eigenvalue weighted by atomic mass is 9.92. The van der Waals surface area contributed by atoms with Gasteiger partial charge in [0, 0.05) is 13.1 Å². The van der Waals surface area contributed by atoms with Gasteiger partial charge in [0.25, 0.3) is 0 Å². The number of rotatable bonds is 7. The van der Waals surface area contributed by atoms with Crippen molar-refractivity contribution in [3.05, 3.63) is 28.8 Å². The number of hydrogen-bond donors (Lipinski definition) is 1. The third-order valence-electron chi connectivity index (χ3n) is 5.58. The number of nitrogens with zero attached hydrogens (tertiary/aromatic N) is 1. The summed E-state index contributed by atoms with van der Waals surface area (Å²) in [4.78, 5) is 12.8. The third kappa shape index (κ3) is 5.06. The van der Waals surface area contributed by atoms with Gasteiger partial charge in [-0.3, -0.25) is 4.79 Å². The number of carbonyl (C=O) groups excluding carboxylic acids is 1. The second-order valence-corrected chi connectivity index (χ2v) is 10.2. The molecule has 0 spiro atoms. The molecule has 7 heteroatoms. The van der Waals surface area contributed by atoms with Crippen LogP contribution in [-0.2, 0) is 14.8 Å². The van der Waals surface area contributed by atoms with Crippen LogP contribution in [0.15, 0.2) is 12.1 Å². The minimum absolute atomic E-state index is 0.0702. The summed E-state index contributed by atoms with van der Waals surface area (Å²) in [6.45, 7) is 10.6. The van der Waals surface area contributed by atoms with Gasteiger partial charge in [-0.05, 0) is 68.4 Å². The van der Waals surface area contributed by atoms with Crippen LogP contribution in [0.25, 0.3) is 0 Å². The minimum Gasteiger partial charge on any atom is -0.496 e. The summed E-state index contributed by atoms with van der Waals surface area (Å²) in [5, 5.41) is 3.10. The average Bonchev–Trinajstić information content (AvgIpc) is 2.67. The van der Waals surface area contributed by atoms with E-state index < -0.39 is 10.0 Å². The summed E-state index contributed by atoms with van der Waals surface area (Å²) in [7, 11) is -1.59. The van der Waals surface area contributed by atoms with Crippen molar-refractivity contribution in [1.82, 2.24) is 9.62 Å². The molecule has 28 heavy (non-hydrogen) atoms. The predicted molar refractivity (Wildman–Crippen MR) is 112 cm³/mol. The largest absolute Gasteiger partial charge is 0.496 e. The van der Waals surface area contributed by atoms with Crippen molar-refractivity contribution < 1.29 is 17.9 Å². The van der Waals surface area contributed by atoms with Crippen molar-refractivity contribution in [2.24, 2.45) is 5.92 Å². The van der Waals surface area contributed by atoms with E-state index in [1.54, 1.807) is 14.0 Å². The highest BCUT2D eigenvalue weighted by molar-refractivity contribution is 7.89. The Hall–Kier alpha value is -1.60. The zero-order valence-corrected chi connectivity index (χ0v) is 18.7. The summed E-state index contributed by atoms with van der Waals surface area (Å²) in [5.74, 6) is 0.858. The Morgan fingerprint density at radius 2 is 1.96 bits per heavy atom. The predicted octanol–water partition coefficient (Wildman–Crippen LogP) is 3.37. The molecule has 1 fully saturated rings. The van der Waals surface area contributed by atoms with Crippen LogP contribution < -0.4 is 10.1 Å². The Bertz CT molecular complexity index is 805. The van der Waals surface area contributed by atoms with Crippen molar-refractivity contribution in [3.63, 3.8) is 0 Å². The molecule has 2 atom stereocenters. The SMILES string of the molecule is CCS(=O)(=O)N1CCC[C@@H](C(=O)N[C@@H](C)c2cc(C(C)C)c(OC)cc2C)C1. The fourth-order valence-corrected chi connectivity index (χ4v) is 4.99. The Balaban J connectivity index is 2.15. The zero-order chi connectivity index (χ0) is 21.1. The van der Waals surface area contributed by atoms with Gasteiger partial charge in [-0.15, -0.1) is 0 Å². The molecule has 1 saturated heterocycles. The molecule has 0 unspecified atom stereocenters. The smallest absolute Gasteiger partial charge is 0.224 e. The molecule has 1 heterocycles. The lowest BCUT2D eigenvalue weighted by Crippen LogP contribution is -2.46. The number of methoxy groups -OCH3 is 1. The van der Waals surface area contributed by atoms with Gasteiger partial charge in [0.15, 0.2) is 0 Å². The molecular weight excluding hydrogens is 376 g/mol. The molecule has 1 amide bonds. The molecule has 1 aromatic rings. The van der Waals surface area contributed by atoms with Gasteiger partial charge in [-0.2, -0.15) is 0 Å². The molecule has 1 N–H and O–H groups in total. The van der Waals surface area contributed by atoms with Crippen LogP contribution in [0, 0.1) is 12.8 Å². The van der Waals surface area contributed by atoms with E-state index in [4.69, 9.17) is 4.74 Å². The molecule has 0 bridgehead atoms. The Morgan fingerprint density at radius 1 is 1.29 bits per heavy atom. The average molecular weight is 411 g/mol. The number of piperidine rings is 1. The van der Waals surface area contributed by atoms with Gasteiger partial charge in [0.2, 0.25) is 15.9 Å². The lowest BCUT2D eigenvalue weighted by Gasteiger charge is -2.31. The number of carbonyl (C=O) groups is 1. The van der Waals surface area contributed by atoms with Crippen LogP contribution in [0.5, 0.6) is 5.75 Å². The topological polar surface area (TPSA) is 75.7 Å². The number of amides is 1. The monoisotopic (exact) mass is 410 g/mol. The van der Waals surface area contributed by atoms with Gasteiger partial charge < -0.3 is 10.1 Å². The molecular formula is C21H34N2O4S. The van der Waals surface area contributed by atoms with E-state index in [0.717, 1.165) is 22.4 Å². The maximum absolute atomic E-state index is 12.8. The second-order valence-electron chi connectivity index (χ2n) is 7.93. The van der Waals surface area contributed by atoms with Crippen molar-refractivity contribution in [2.75, 3.05) is 26.0 Å². The van der Waals surface area contributed by atoms with Gasteiger partial charge in [-0.25, -0.2) is 12.7 Å². The van der Waals surface area contributed by atoms with E-state index in [0.29, 0.717) is 25.3 Å². The highest BCUT2D eigenvalue weighted by Gasteiger charge is 2.32. The minimum atomic E-state index is -3.26. The van der Waals surface area contributed by atoms with E-state index in [2.05, 4.69) is 25.2 Å². The molecule has 1 aromatic carbocycles. The molecule has 2 rings (SSSR count). The first-order chi connectivity index (χ1) is 13.1. The van der Waals surface area contributed by atoms with Crippen molar-refractivity contribution >= 4 is 15.9 Å². The summed E-state index contributed by atoms with van der Waals surface area (Å²) in [6, 6.07) is 3.97. The maximum atomic E-state index is 12.8. The van der Waals surface area contributed by atoms with Crippen LogP contribution in [0.1, 0.15) is 69.2 Å². The van der Waals surface area contributed by atoms with E-state index in [1.807, 2.05) is 19.9 Å². The van der Waals surface area contributed by atoms with Crippen LogP contribution in [0.3, 0.4) is 0 Å². The van der Waals surface area contributed by atoms with Crippen molar-refractivity contribution in [3.8, 4) is 5.75 Å². The number of benzene rings is 1. The lowest BCUT2D eigenvalue weighted by molar-refractivity contribution is -0.126. The van der Waals surface area contributed by atoms with E-state index in [9.17, 15) is 13.2 Å². The summed E-state index contributed by atoms with van der Waals surface area (Å²) >= 11 is 0. The van der Waals surface area contributed by atoms with Crippen LogP contribution >= 0.6 is 0 Å². The first-order valence-electron chi connectivity index (χ1n) is 10.1. The normalized spacial score (nSPS) is 19.5. The zero-order valence-electron chi connectivity index (χ0n) is 17.9. The highest BCUT2D eigenvalue weighted by Crippen LogP contribution is 2.32. The van der Waals surface area contributed by atoms with Gasteiger partial charge in [-0.1, -0.05) is 13.8 Å². The molecule has 158 valence electrons. The quantitative estimate of drug-likeness (QED) is 0.748. The third-order valence-corrected chi connectivity index (χ3v) is 7.43. The number of aryl methyl sites for hydroxylation is 1. The molecule has 0 aliphatic carbocycles. The highest BCUT2D eigenvalue weighted by atomic mass is 32.2. The van der Waals surface area contributed by atoms with E-state index >= 15 is 0 Å². The number of ether oxygens (including phenoxy) is 1. The van der Waals surface area contributed by atoms with Gasteiger partial charge >= 0.3 is 0 Å². The van der Waals surface area contributed by atoms with Crippen LogP contribution in [0.4, 0.5) is 0 Å². The van der Waals surface area contributed by atoms with Crippen LogP contribution in [0.2, 0.25) is 0 Å². The van der Waals surface area contributed by atoms with E-state index in [1.165, 1.54) is 4.31 Å². The molecule has 6 nitrogen and oxygen atoms in total. The van der Waals surface area contributed by atoms with E-state index in [-0.39, 0.29) is 30.2 Å². The molecule has 0 saturated carbocycles. The first kappa shape index (κ1) is 22.7. The van der Waals surface area contributed by atoms with Crippen LogP contribution in [-0.4, -0.2) is 44.6 Å².